The summed E-state index contributed by atoms with van der Waals surface area (Å²) in [6.07, 6.45) is 5.99. The molecule has 0 aliphatic carbocycles. The van der Waals surface area contributed by atoms with E-state index in [1.807, 2.05) is 32.9 Å². The molecule has 1 aromatic carbocycles. The van der Waals surface area contributed by atoms with Crippen molar-refractivity contribution in [3.8, 4) is 12.3 Å². The van der Waals surface area contributed by atoms with E-state index in [4.69, 9.17) is 11.2 Å². The summed E-state index contributed by atoms with van der Waals surface area (Å²) in [7, 11) is 0. The van der Waals surface area contributed by atoms with Crippen molar-refractivity contribution in [1.82, 2.24) is 4.90 Å². The fourth-order valence-corrected chi connectivity index (χ4v) is 2.13. The molecule has 1 heterocycles. The van der Waals surface area contributed by atoms with Crippen molar-refractivity contribution in [3.05, 3.63) is 34.9 Å². The molecule has 0 saturated carbocycles. The normalized spacial score (nSPS) is 14.5. The van der Waals surface area contributed by atoms with Crippen LogP contribution in [0.5, 0.6) is 0 Å². The molecule has 1 amide bonds. The maximum absolute atomic E-state index is 12.0. The number of carbonyl (C=O) groups is 1. The summed E-state index contributed by atoms with van der Waals surface area (Å²) in [5.41, 5.74) is 2.77. The zero-order chi connectivity index (χ0) is 14.0. The number of rotatable bonds is 0. The van der Waals surface area contributed by atoms with Crippen LogP contribution in [0.2, 0.25) is 0 Å². The predicted molar refractivity (Wildman–Crippen MR) is 74.7 cm³/mol. The highest BCUT2D eigenvalue weighted by molar-refractivity contribution is 5.68. The van der Waals surface area contributed by atoms with Crippen molar-refractivity contribution in [3.63, 3.8) is 0 Å². The van der Waals surface area contributed by atoms with Crippen LogP contribution in [0.25, 0.3) is 0 Å². The Labute approximate surface area is 114 Å². The smallest absolute Gasteiger partial charge is 0.410 e. The number of carbonyl (C=O) groups excluding carboxylic acids is 1. The Balaban J connectivity index is 2.13. The summed E-state index contributed by atoms with van der Waals surface area (Å²) < 4.78 is 5.40. The first-order valence-corrected chi connectivity index (χ1v) is 6.45. The van der Waals surface area contributed by atoms with Crippen molar-refractivity contribution < 1.29 is 9.53 Å². The Morgan fingerprint density at radius 2 is 2.11 bits per heavy atom. The summed E-state index contributed by atoms with van der Waals surface area (Å²) >= 11 is 0. The summed E-state index contributed by atoms with van der Waals surface area (Å²) in [6.45, 7) is 6.88. The third-order valence-corrected chi connectivity index (χ3v) is 3.04. The van der Waals surface area contributed by atoms with E-state index in [0.29, 0.717) is 13.1 Å². The van der Waals surface area contributed by atoms with Crippen LogP contribution >= 0.6 is 0 Å². The predicted octanol–water partition coefficient (Wildman–Crippen LogP) is 2.96. The number of ether oxygens (including phenoxy) is 1. The van der Waals surface area contributed by atoms with Crippen molar-refractivity contribution in [2.45, 2.75) is 39.3 Å². The Kier molecular flexibility index (Phi) is 3.53. The lowest BCUT2D eigenvalue weighted by molar-refractivity contribution is 0.0224. The average molecular weight is 257 g/mol. The van der Waals surface area contributed by atoms with Gasteiger partial charge in [-0.3, -0.25) is 0 Å². The lowest BCUT2D eigenvalue weighted by Gasteiger charge is -2.31. The Morgan fingerprint density at radius 3 is 2.74 bits per heavy atom. The highest BCUT2D eigenvalue weighted by Gasteiger charge is 2.25. The van der Waals surface area contributed by atoms with Gasteiger partial charge in [0.25, 0.3) is 0 Å². The SMILES string of the molecule is C#Cc1ccc2c(c1)CN(C(=O)OC(C)(C)C)CC2. The molecule has 100 valence electrons. The second-order valence-corrected chi connectivity index (χ2v) is 5.78. The molecule has 2 rings (SSSR count). The van der Waals surface area contributed by atoms with Crippen molar-refractivity contribution >= 4 is 6.09 Å². The molecule has 0 unspecified atom stereocenters. The summed E-state index contributed by atoms with van der Waals surface area (Å²) in [6, 6.07) is 5.98. The lowest BCUT2D eigenvalue weighted by Crippen LogP contribution is -2.39. The van der Waals surface area contributed by atoms with Gasteiger partial charge in [0.05, 0.1) is 0 Å². The first-order valence-electron chi connectivity index (χ1n) is 6.45. The van der Waals surface area contributed by atoms with Gasteiger partial charge in [0.1, 0.15) is 5.60 Å². The zero-order valence-corrected chi connectivity index (χ0v) is 11.7. The lowest BCUT2D eigenvalue weighted by atomic mass is 9.98. The first-order chi connectivity index (χ1) is 8.89. The quantitative estimate of drug-likeness (QED) is 0.669. The highest BCUT2D eigenvalue weighted by atomic mass is 16.6. The van der Waals surface area contributed by atoms with E-state index in [1.54, 1.807) is 4.90 Å². The fraction of sp³-hybridized carbons (Fsp3) is 0.438. The molecule has 0 bridgehead atoms. The molecule has 19 heavy (non-hydrogen) atoms. The monoisotopic (exact) mass is 257 g/mol. The van der Waals surface area contributed by atoms with E-state index in [1.165, 1.54) is 5.56 Å². The van der Waals surface area contributed by atoms with Gasteiger partial charge in [0, 0.05) is 18.7 Å². The van der Waals surface area contributed by atoms with E-state index in [-0.39, 0.29) is 6.09 Å². The van der Waals surface area contributed by atoms with Gasteiger partial charge in [-0.05, 0) is 50.5 Å². The Hall–Kier alpha value is -1.95. The van der Waals surface area contributed by atoms with Crippen LogP contribution < -0.4 is 0 Å². The zero-order valence-electron chi connectivity index (χ0n) is 11.7. The number of hydrogen-bond acceptors (Lipinski definition) is 2. The second kappa shape index (κ2) is 4.97. The minimum absolute atomic E-state index is 0.260. The van der Waals surface area contributed by atoms with Crippen LogP contribution in [0, 0.1) is 12.3 Å². The second-order valence-electron chi connectivity index (χ2n) is 5.78. The molecular weight excluding hydrogens is 238 g/mol. The molecule has 0 N–H and O–H groups in total. The molecule has 0 aromatic heterocycles. The molecule has 1 aliphatic rings. The topological polar surface area (TPSA) is 29.5 Å². The van der Waals surface area contributed by atoms with Gasteiger partial charge in [0.2, 0.25) is 0 Å². The van der Waals surface area contributed by atoms with Gasteiger partial charge >= 0.3 is 6.09 Å². The van der Waals surface area contributed by atoms with Crippen LogP contribution in [0.1, 0.15) is 37.5 Å². The van der Waals surface area contributed by atoms with Crippen LogP contribution in [0.15, 0.2) is 18.2 Å². The van der Waals surface area contributed by atoms with Crippen LogP contribution in [-0.4, -0.2) is 23.1 Å². The van der Waals surface area contributed by atoms with Crippen molar-refractivity contribution in [2.75, 3.05) is 6.54 Å². The highest BCUT2D eigenvalue weighted by Crippen LogP contribution is 2.22. The fourth-order valence-electron chi connectivity index (χ4n) is 2.13. The molecule has 0 spiro atoms. The van der Waals surface area contributed by atoms with E-state index in [2.05, 4.69) is 12.0 Å². The van der Waals surface area contributed by atoms with Gasteiger partial charge < -0.3 is 9.64 Å². The maximum atomic E-state index is 12.0. The van der Waals surface area contributed by atoms with Crippen LogP contribution in [-0.2, 0) is 17.7 Å². The average Bonchev–Trinajstić information content (AvgIpc) is 2.35. The summed E-state index contributed by atoms with van der Waals surface area (Å²) in [5, 5.41) is 0. The molecule has 3 nitrogen and oxygen atoms in total. The first kappa shape index (κ1) is 13.5. The van der Waals surface area contributed by atoms with E-state index in [0.717, 1.165) is 17.5 Å². The molecule has 0 atom stereocenters. The van der Waals surface area contributed by atoms with Gasteiger partial charge in [-0.2, -0.15) is 0 Å². The Morgan fingerprint density at radius 1 is 1.37 bits per heavy atom. The minimum Gasteiger partial charge on any atom is -0.444 e. The third kappa shape index (κ3) is 3.29. The number of benzene rings is 1. The van der Waals surface area contributed by atoms with Crippen molar-refractivity contribution in [1.29, 1.82) is 0 Å². The summed E-state index contributed by atoms with van der Waals surface area (Å²) in [4.78, 5) is 13.8. The molecule has 0 saturated heterocycles. The van der Waals surface area contributed by atoms with Gasteiger partial charge in [-0.25, -0.2) is 4.79 Å². The standard InChI is InChI=1S/C16H19NO2/c1-5-12-6-7-13-8-9-17(11-14(13)10-12)15(18)19-16(2,3)4/h1,6-7,10H,8-9,11H2,2-4H3. The van der Waals surface area contributed by atoms with Gasteiger partial charge in [0.15, 0.2) is 0 Å². The molecule has 1 aliphatic heterocycles. The molecule has 3 heteroatoms. The van der Waals surface area contributed by atoms with Crippen LogP contribution in [0.4, 0.5) is 4.79 Å². The number of hydrogen-bond donors (Lipinski definition) is 0. The maximum Gasteiger partial charge on any atom is 0.410 e. The van der Waals surface area contributed by atoms with E-state index >= 15 is 0 Å². The molecule has 0 fully saturated rings. The molecular formula is C16H19NO2. The third-order valence-electron chi connectivity index (χ3n) is 3.04. The van der Waals surface area contributed by atoms with Crippen LogP contribution in [0.3, 0.4) is 0 Å². The largest absolute Gasteiger partial charge is 0.444 e. The van der Waals surface area contributed by atoms with E-state index < -0.39 is 5.60 Å². The number of terminal acetylenes is 1. The number of amides is 1. The van der Waals surface area contributed by atoms with Gasteiger partial charge in [-0.1, -0.05) is 12.0 Å². The molecule has 1 aromatic rings. The number of fused-ring (bicyclic) bond motifs is 1. The van der Waals surface area contributed by atoms with E-state index in [9.17, 15) is 4.79 Å². The molecule has 0 radical (unpaired) electrons. The number of nitrogens with zero attached hydrogens (tertiary/aromatic N) is 1. The summed E-state index contributed by atoms with van der Waals surface area (Å²) in [5.74, 6) is 2.62. The Bertz CT molecular complexity index is 535. The minimum atomic E-state index is -0.460. The van der Waals surface area contributed by atoms with Gasteiger partial charge in [-0.15, -0.1) is 6.42 Å². The van der Waals surface area contributed by atoms with Crippen molar-refractivity contribution in [2.24, 2.45) is 0 Å².